The van der Waals surface area contributed by atoms with Crippen LogP contribution >= 0.6 is 23.4 Å². The number of phenolic OH excluding ortho intramolecular Hbond substituents is 1. The van der Waals surface area contributed by atoms with Gasteiger partial charge in [-0.05, 0) is 29.1 Å². The van der Waals surface area contributed by atoms with Crippen molar-refractivity contribution in [2.45, 2.75) is 10.6 Å². The number of hydrogen-bond donors (Lipinski definition) is 1. The molecule has 0 saturated carbocycles. The Bertz CT molecular complexity index is 804. The van der Waals surface area contributed by atoms with Crippen molar-refractivity contribution in [3.63, 3.8) is 0 Å². The molecule has 0 spiro atoms. The van der Waals surface area contributed by atoms with Crippen molar-refractivity contribution in [2.24, 2.45) is 0 Å². The first kappa shape index (κ1) is 14.2. The van der Waals surface area contributed by atoms with E-state index < -0.39 is 5.82 Å². The molecule has 0 bridgehead atoms. The molecule has 21 heavy (non-hydrogen) atoms. The zero-order valence-corrected chi connectivity index (χ0v) is 12.6. The highest BCUT2D eigenvalue weighted by molar-refractivity contribution is 7.98. The van der Waals surface area contributed by atoms with Gasteiger partial charge in [-0.2, -0.15) is 0 Å². The van der Waals surface area contributed by atoms with Gasteiger partial charge >= 0.3 is 0 Å². The molecular weight excluding hydrogens is 307 g/mol. The molecule has 0 amide bonds. The van der Waals surface area contributed by atoms with Gasteiger partial charge in [0.1, 0.15) is 11.6 Å². The van der Waals surface area contributed by atoms with Crippen LogP contribution in [-0.4, -0.2) is 5.11 Å². The second-order valence-electron chi connectivity index (χ2n) is 4.63. The normalized spacial score (nSPS) is 11.0. The number of thioether (sulfide) groups is 1. The van der Waals surface area contributed by atoms with Crippen molar-refractivity contribution in [1.82, 2.24) is 0 Å². The maximum atomic E-state index is 13.4. The van der Waals surface area contributed by atoms with E-state index >= 15 is 0 Å². The average molecular weight is 319 g/mol. The first-order valence-corrected chi connectivity index (χ1v) is 7.79. The number of aromatic hydroxyl groups is 1. The van der Waals surface area contributed by atoms with E-state index in [1.807, 2.05) is 36.4 Å². The summed E-state index contributed by atoms with van der Waals surface area (Å²) < 4.78 is 13.4. The van der Waals surface area contributed by atoms with Gasteiger partial charge in [0, 0.05) is 16.0 Å². The lowest BCUT2D eigenvalue weighted by Gasteiger charge is -2.09. The summed E-state index contributed by atoms with van der Waals surface area (Å²) in [7, 11) is 0. The molecule has 0 aliphatic carbocycles. The van der Waals surface area contributed by atoms with Crippen molar-refractivity contribution >= 4 is 34.1 Å². The Kier molecular flexibility index (Phi) is 4.04. The van der Waals surface area contributed by atoms with Crippen molar-refractivity contribution in [2.75, 3.05) is 0 Å². The van der Waals surface area contributed by atoms with Crippen LogP contribution in [0.5, 0.6) is 5.75 Å². The number of halogens is 2. The quantitative estimate of drug-likeness (QED) is 0.631. The van der Waals surface area contributed by atoms with Crippen LogP contribution < -0.4 is 0 Å². The molecule has 3 aromatic rings. The van der Waals surface area contributed by atoms with Gasteiger partial charge in [0.15, 0.2) is 0 Å². The van der Waals surface area contributed by atoms with E-state index in [0.717, 1.165) is 21.2 Å². The largest absolute Gasteiger partial charge is 0.507 e. The standard InChI is InChI=1S/C17H12ClFOS/c18-17-11(4-3-7-14(17)19)10-21-16-9-8-15(20)12-5-1-2-6-13(12)16/h1-9,20H,10H2. The van der Waals surface area contributed by atoms with E-state index in [0.29, 0.717) is 5.75 Å². The molecule has 3 rings (SSSR count). The Labute approximate surface area is 131 Å². The Balaban J connectivity index is 1.92. The predicted octanol–water partition coefficient (Wildman–Crippen LogP) is 5.63. The highest BCUT2D eigenvalue weighted by atomic mass is 35.5. The molecule has 106 valence electrons. The van der Waals surface area contributed by atoms with Gasteiger partial charge < -0.3 is 5.11 Å². The molecule has 0 saturated heterocycles. The van der Waals surface area contributed by atoms with E-state index in [4.69, 9.17) is 11.6 Å². The lowest BCUT2D eigenvalue weighted by Crippen LogP contribution is -1.87. The van der Waals surface area contributed by atoms with Crippen molar-refractivity contribution in [3.8, 4) is 5.75 Å². The molecule has 0 fully saturated rings. The van der Waals surface area contributed by atoms with Gasteiger partial charge in [-0.15, -0.1) is 11.8 Å². The summed E-state index contributed by atoms with van der Waals surface area (Å²) in [5.74, 6) is 0.440. The summed E-state index contributed by atoms with van der Waals surface area (Å²) in [4.78, 5) is 1.03. The first-order chi connectivity index (χ1) is 10.2. The molecule has 0 unspecified atom stereocenters. The van der Waals surface area contributed by atoms with E-state index in [1.165, 1.54) is 6.07 Å². The summed E-state index contributed by atoms with van der Waals surface area (Å²) in [6, 6.07) is 16.0. The molecule has 0 aliphatic heterocycles. The summed E-state index contributed by atoms with van der Waals surface area (Å²) in [6.45, 7) is 0. The zero-order chi connectivity index (χ0) is 14.8. The van der Waals surface area contributed by atoms with E-state index in [-0.39, 0.29) is 10.8 Å². The second kappa shape index (κ2) is 5.96. The number of rotatable bonds is 3. The lowest BCUT2D eigenvalue weighted by atomic mass is 10.1. The van der Waals surface area contributed by atoms with Crippen molar-refractivity contribution in [3.05, 3.63) is 71.0 Å². The Morgan fingerprint density at radius 1 is 0.952 bits per heavy atom. The first-order valence-electron chi connectivity index (χ1n) is 6.43. The Morgan fingerprint density at radius 3 is 2.52 bits per heavy atom. The third-order valence-corrected chi connectivity index (χ3v) is 4.82. The second-order valence-corrected chi connectivity index (χ2v) is 6.03. The third-order valence-electron chi connectivity index (χ3n) is 3.28. The van der Waals surface area contributed by atoms with Gasteiger partial charge in [-0.25, -0.2) is 4.39 Å². The van der Waals surface area contributed by atoms with Crippen LogP contribution in [0.2, 0.25) is 5.02 Å². The van der Waals surface area contributed by atoms with Gasteiger partial charge in [0.2, 0.25) is 0 Å². The van der Waals surface area contributed by atoms with Crippen LogP contribution in [0, 0.1) is 5.82 Å². The fourth-order valence-electron chi connectivity index (χ4n) is 2.20. The predicted molar refractivity (Wildman–Crippen MR) is 86.6 cm³/mol. The molecule has 1 N–H and O–H groups in total. The average Bonchev–Trinajstić information content (AvgIpc) is 2.51. The monoisotopic (exact) mass is 318 g/mol. The third kappa shape index (κ3) is 2.85. The fraction of sp³-hybridized carbons (Fsp3) is 0.0588. The van der Waals surface area contributed by atoms with Crippen LogP contribution in [0.4, 0.5) is 4.39 Å². The van der Waals surface area contributed by atoms with Gasteiger partial charge in [0.25, 0.3) is 0 Å². The molecule has 0 radical (unpaired) electrons. The highest BCUT2D eigenvalue weighted by Gasteiger charge is 2.09. The highest BCUT2D eigenvalue weighted by Crippen LogP contribution is 2.35. The van der Waals surface area contributed by atoms with Gasteiger partial charge in [0.05, 0.1) is 5.02 Å². The van der Waals surface area contributed by atoms with Crippen LogP contribution in [0.1, 0.15) is 5.56 Å². The minimum absolute atomic E-state index is 0.174. The number of phenols is 1. The summed E-state index contributed by atoms with van der Waals surface area (Å²) in [5.41, 5.74) is 0.763. The Hall–Kier alpha value is -1.71. The fourth-order valence-corrected chi connectivity index (χ4v) is 3.52. The molecule has 0 aromatic heterocycles. The van der Waals surface area contributed by atoms with Crippen molar-refractivity contribution in [1.29, 1.82) is 0 Å². The smallest absolute Gasteiger partial charge is 0.142 e. The molecule has 4 heteroatoms. The van der Waals surface area contributed by atoms with E-state index in [2.05, 4.69) is 0 Å². The minimum Gasteiger partial charge on any atom is -0.507 e. The molecule has 0 atom stereocenters. The molecule has 0 aliphatic rings. The molecule has 0 heterocycles. The zero-order valence-electron chi connectivity index (χ0n) is 11.0. The lowest BCUT2D eigenvalue weighted by molar-refractivity contribution is 0.481. The molecule has 3 aromatic carbocycles. The maximum absolute atomic E-state index is 13.4. The van der Waals surface area contributed by atoms with Crippen LogP contribution in [-0.2, 0) is 5.75 Å². The molecule has 1 nitrogen and oxygen atoms in total. The SMILES string of the molecule is Oc1ccc(SCc2cccc(F)c2Cl)c2ccccc12. The van der Waals surface area contributed by atoms with Crippen LogP contribution in [0.25, 0.3) is 10.8 Å². The van der Waals surface area contributed by atoms with Crippen molar-refractivity contribution < 1.29 is 9.50 Å². The maximum Gasteiger partial charge on any atom is 0.142 e. The number of benzene rings is 3. The number of hydrogen-bond acceptors (Lipinski definition) is 2. The van der Waals surface area contributed by atoms with Gasteiger partial charge in [-0.3, -0.25) is 0 Å². The number of fused-ring (bicyclic) bond motifs is 1. The van der Waals surface area contributed by atoms with Crippen LogP contribution in [0.15, 0.2) is 59.5 Å². The summed E-state index contributed by atoms with van der Waals surface area (Å²) in [6.07, 6.45) is 0. The van der Waals surface area contributed by atoms with Crippen LogP contribution in [0.3, 0.4) is 0 Å². The topological polar surface area (TPSA) is 20.2 Å². The van der Waals surface area contributed by atoms with Gasteiger partial charge in [-0.1, -0.05) is 48.0 Å². The Morgan fingerprint density at radius 2 is 1.71 bits per heavy atom. The van der Waals surface area contributed by atoms with E-state index in [9.17, 15) is 9.50 Å². The summed E-state index contributed by atoms with van der Waals surface area (Å²) >= 11 is 7.55. The summed E-state index contributed by atoms with van der Waals surface area (Å²) in [5, 5.41) is 11.8. The minimum atomic E-state index is -0.398. The van der Waals surface area contributed by atoms with E-state index in [1.54, 1.807) is 23.9 Å². The molecular formula is C17H12ClFOS.